The highest BCUT2D eigenvalue weighted by Crippen LogP contribution is 2.21. The van der Waals surface area contributed by atoms with Crippen molar-refractivity contribution in [3.8, 4) is 0 Å². The standard InChI is InChI=1S/C15H20O5/c1-2-8-18-13-12(16)10-20-15(17)14(13)19-9-11-6-4-3-5-7-11/h2-7,12-17H,1,8-10H2/t12-,13-,14+,15-/m0/s1. The summed E-state index contributed by atoms with van der Waals surface area (Å²) in [4.78, 5) is 0. The van der Waals surface area contributed by atoms with E-state index in [9.17, 15) is 10.2 Å². The summed E-state index contributed by atoms with van der Waals surface area (Å²) in [7, 11) is 0. The maximum Gasteiger partial charge on any atom is 0.183 e. The van der Waals surface area contributed by atoms with Crippen LogP contribution in [0.1, 0.15) is 5.56 Å². The third-order valence-corrected chi connectivity index (χ3v) is 3.11. The molecule has 5 nitrogen and oxygen atoms in total. The zero-order valence-corrected chi connectivity index (χ0v) is 11.2. The van der Waals surface area contributed by atoms with Crippen LogP contribution in [0.5, 0.6) is 0 Å². The molecular formula is C15H20O5. The first-order chi connectivity index (χ1) is 9.72. The average molecular weight is 280 g/mol. The average Bonchev–Trinajstić information content (AvgIpc) is 2.48. The van der Waals surface area contributed by atoms with Crippen molar-refractivity contribution in [1.82, 2.24) is 0 Å². The van der Waals surface area contributed by atoms with Gasteiger partial charge in [-0.05, 0) is 5.56 Å². The lowest BCUT2D eigenvalue weighted by atomic mass is 10.0. The van der Waals surface area contributed by atoms with Crippen molar-refractivity contribution >= 4 is 0 Å². The van der Waals surface area contributed by atoms with Crippen molar-refractivity contribution < 1.29 is 24.4 Å². The molecule has 0 aromatic heterocycles. The van der Waals surface area contributed by atoms with E-state index in [2.05, 4.69) is 6.58 Å². The highest BCUT2D eigenvalue weighted by atomic mass is 16.7. The molecule has 0 amide bonds. The fraction of sp³-hybridized carbons (Fsp3) is 0.467. The van der Waals surface area contributed by atoms with Gasteiger partial charge in [0.2, 0.25) is 0 Å². The molecule has 1 fully saturated rings. The first kappa shape index (κ1) is 15.2. The molecule has 1 aromatic carbocycles. The van der Waals surface area contributed by atoms with Gasteiger partial charge in [0.25, 0.3) is 0 Å². The molecule has 0 aliphatic carbocycles. The van der Waals surface area contributed by atoms with E-state index in [4.69, 9.17) is 14.2 Å². The smallest absolute Gasteiger partial charge is 0.183 e. The third-order valence-electron chi connectivity index (χ3n) is 3.11. The number of hydrogen-bond acceptors (Lipinski definition) is 5. The van der Waals surface area contributed by atoms with E-state index in [0.29, 0.717) is 6.61 Å². The van der Waals surface area contributed by atoms with Crippen molar-refractivity contribution in [3.63, 3.8) is 0 Å². The molecule has 1 heterocycles. The quantitative estimate of drug-likeness (QED) is 0.756. The van der Waals surface area contributed by atoms with Gasteiger partial charge in [-0.2, -0.15) is 0 Å². The van der Waals surface area contributed by atoms with E-state index >= 15 is 0 Å². The largest absolute Gasteiger partial charge is 0.388 e. The number of rotatable bonds is 6. The molecule has 0 bridgehead atoms. The highest BCUT2D eigenvalue weighted by Gasteiger charge is 2.40. The third kappa shape index (κ3) is 3.88. The minimum Gasteiger partial charge on any atom is -0.388 e. The maximum atomic E-state index is 9.91. The SMILES string of the molecule is C=CCO[C@@H]1[C@@H](OCc2ccccc2)[C@@H](O)OC[C@@H]1O. The molecule has 2 rings (SSSR count). The lowest BCUT2D eigenvalue weighted by molar-refractivity contribution is -0.274. The summed E-state index contributed by atoms with van der Waals surface area (Å²) in [5.74, 6) is 0. The zero-order chi connectivity index (χ0) is 14.4. The van der Waals surface area contributed by atoms with Crippen LogP contribution in [-0.4, -0.2) is 48.0 Å². The van der Waals surface area contributed by atoms with Crippen LogP contribution in [0, 0.1) is 0 Å². The summed E-state index contributed by atoms with van der Waals surface area (Å²) in [6.45, 7) is 4.18. The van der Waals surface area contributed by atoms with E-state index in [1.807, 2.05) is 30.3 Å². The minimum absolute atomic E-state index is 0.0220. The molecule has 1 saturated heterocycles. The molecule has 0 radical (unpaired) electrons. The fourth-order valence-electron chi connectivity index (χ4n) is 2.10. The highest BCUT2D eigenvalue weighted by molar-refractivity contribution is 5.13. The second-order valence-corrected chi connectivity index (χ2v) is 4.64. The fourth-order valence-corrected chi connectivity index (χ4v) is 2.10. The molecular weight excluding hydrogens is 260 g/mol. The van der Waals surface area contributed by atoms with E-state index in [1.165, 1.54) is 0 Å². The molecule has 20 heavy (non-hydrogen) atoms. The van der Waals surface area contributed by atoms with Crippen LogP contribution < -0.4 is 0 Å². The predicted octanol–water partition coefficient (Wildman–Crippen LogP) is 0.852. The summed E-state index contributed by atoms with van der Waals surface area (Å²) >= 11 is 0. The second-order valence-electron chi connectivity index (χ2n) is 4.64. The Morgan fingerprint density at radius 1 is 1.20 bits per heavy atom. The Morgan fingerprint density at radius 2 is 1.95 bits per heavy atom. The number of ether oxygens (including phenoxy) is 3. The Labute approximate surface area is 118 Å². The molecule has 1 aliphatic rings. The van der Waals surface area contributed by atoms with Crippen LogP contribution in [0.25, 0.3) is 0 Å². The normalized spacial score (nSPS) is 30.1. The maximum absolute atomic E-state index is 9.91. The lowest BCUT2D eigenvalue weighted by Gasteiger charge is -2.37. The van der Waals surface area contributed by atoms with Crippen molar-refractivity contribution in [2.24, 2.45) is 0 Å². The van der Waals surface area contributed by atoms with Gasteiger partial charge in [-0.15, -0.1) is 6.58 Å². The molecule has 1 aliphatic heterocycles. The van der Waals surface area contributed by atoms with Gasteiger partial charge in [0.05, 0.1) is 19.8 Å². The molecule has 5 heteroatoms. The van der Waals surface area contributed by atoms with Gasteiger partial charge in [0, 0.05) is 0 Å². The number of hydrogen-bond donors (Lipinski definition) is 2. The van der Waals surface area contributed by atoms with Crippen molar-refractivity contribution in [2.45, 2.75) is 31.2 Å². The van der Waals surface area contributed by atoms with Gasteiger partial charge in [-0.1, -0.05) is 36.4 Å². The molecule has 110 valence electrons. The molecule has 2 N–H and O–H groups in total. The van der Waals surface area contributed by atoms with Crippen LogP contribution in [0.2, 0.25) is 0 Å². The summed E-state index contributed by atoms with van der Waals surface area (Å²) < 4.78 is 16.2. The van der Waals surface area contributed by atoms with E-state index in [-0.39, 0.29) is 13.2 Å². The zero-order valence-electron chi connectivity index (χ0n) is 11.2. The van der Waals surface area contributed by atoms with Gasteiger partial charge >= 0.3 is 0 Å². The first-order valence-electron chi connectivity index (χ1n) is 6.58. The van der Waals surface area contributed by atoms with Gasteiger partial charge in [0.1, 0.15) is 18.3 Å². The van der Waals surface area contributed by atoms with Crippen LogP contribution in [0.3, 0.4) is 0 Å². The first-order valence-corrected chi connectivity index (χ1v) is 6.58. The van der Waals surface area contributed by atoms with Crippen molar-refractivity contribution in [3.05, 3.63) is 48.6 Å². The van der Waals surface area contributed by atoms with Crippen LogP contribution in [-0.2, 0) is 20.8 Å². The Hall–Kier alpha value is -1.24. The number of benzene rings is 1. The molecule has 0 unspecified atom stereocenters. The van der Waals surface area contributed by atoms with E-state index < -0.39 is 24.6 Å². The minimum atomic E-state index is -1.11. The van der Waals surface area contributed by atoms with Gasteiger partial charge in [-0.3, -0.25) is 0 Å². The van der Waals surface area contributed by atoms with Gasteiger partial charge in [0.15, 0.2) is 6.29 Å². The summed E-state index contributed by atoms with van der Waals surface area (Å²) in [5, 5.41) is 19.8. The number of aliphatic hydroxyl groups is 2. The molecule has 0 saturated carbocycles. The van der Waals surface area contributed by atoms with E-state index in [0.717, 1.165) is 5.56 Å². The van der Waals surface area contributed by atoms with Crippen LogP contribution in [0.4, 0.5) is 0 Å². The lowest BCUT2D eigenvalue weighted by Crippen LogP contribution is -2.55. The van der Waals surface area contributed by atoms with Gasteiger partial charge < -0.3 is 24.4 Å². The summed E-state index contributed by atoms with van der Waals surface area (Å²) in [6, 6.07) is 9.58. The topological polar surface area (TPSA) is 68.2 Å². The Morgan fingerprint density at radius 3 is 2.65 bits per heavy atom. The summed E-state index contributed by atoms with van der Waals surface area (Å²) in [6.07, 6.45) is -1.74. The summed E-state index contributed by atoms with van der Waals surface area (Å²) in [5.41, 5.74) is 0.974. The Balaban J connectivity index is 1.98. The molecule has 1 aromatic rings. The molecule has 4 atom stereocenters. The predicted molar refractivity (Wildman–Crippen MR) is 72.9 cm³/mol. The van der Waals surface area contributed by atoms with Crippen molar-refractivity contribution in [2.75, 3.05) is 13.2 Å². The van der Waals surface area contributed by atoms with Crippen LogP contribution in [0.15, 0.2) is 43.0 Å². The monoisotopic (exact) mass is 280 g/mol. The van der Waals surface area contributed by atoms with Crippen LogP contribution >= 0.6 is 0 Å². The second kappa shape index (κ2) is 7.52. The van der Waals surface area contributed by atoms with E-state index in [1.54, 1.807) is 6.08 Å². The van der Waals surface area contributed by atoms with Gasteiger partial charge in [-0.25, -0.2) is 0 Å². The Bertz CT molecular complexity index is 408. The number of aliphatic hydroxyl groups excluding tert-OH is 2. The molecule has 0 spiro atoms. The van der Waals surface area contributed by atoms with Crippen molar-refractivity contribution in [1.29, 1.82) is 0 Å². The Kier molecular flexibility index (Phi) is 5.70.